The molecular weight excluding hydrogens is 305 g/mol. The smallest absolute Gasteiger partial charge is 0.495 e. The minimum absolute atomic E-state index is 0.0665. The molecule has 0 aromatic carbocycles. The molecule has 24 heavy (non-hydrogen) atoms. The van der Waals surface area contributed by atoms with Gasteiger partial charge in [0.2, 0.25) is 0 Å². The normalized spacial score (nSPS) is 18.2. The van der Waals surface area contributed by atoms with E-state index >= 15 is 0 Å². The Kier molecular flexibility index (Phi) is 9.96. The Labute approximate surface area is 144 Å². The Morgan fingerprint density at radius 2 is 1.42 bits per heavy atom. The van der Waals surface area contributed by atoms with Gasteiger partial charge < -0.3 is 9.31 Å². The molecule has 0 radical (unpaired) electrons. The highest BCUT2D eigenvalue weighted by Gasteiger charge is 2.28. The van der Waals surface area contributed by atoms with Gasteiger partial charge in [0.25, 0.3) is 0 Å². The van der Waals surface area contributed by atoms with E-state index in [-0.39, 0.29) is 13.1 Å². The van der Waals surface area contributed by atoms with Crippen molar-refractivity contribution in [2.75, 3.05) is 20.1 Å². The van der Waals surface area contributed by atoms with Crippen LogP contribution in [0.5, 0.6) is 0 Å². The van der Waals surface area contributed by atoms with Crippen LogP contribution in [0.1, 0.15) is 19.8 Å². The molecule has 0 spiro atoms. The Bertz CT molecular complexity index is 529. The van der Waals surface area contributed by atoms with Crippen molar-refractivity contribution in [3.05, 3.63) is 60.7 Å². The number of likely N-dealkylation sites (N-methyl/N-ethyl adjacent to an activating group) is 1. The third kappa shape index (κ3) is 9.64. The van der Waals surface area contributed by atoms with E-state index in [0.717, 1.165) is 12.8 Å². The summed E-state index contributed by atoms with van der Waals surface area (Å²) in [6.07, 6.45) is 19.3. The predicted molar refractivity (Wildman–Crippen MR) is 96.0 cm³/mol. The average molecular weight is 329 g/mol. The van der Waals surface area contributed by atoms with Crippen LogP contribution < -0.4 is 0 Å². The predicted octanol–water partition coefficient (Wildman–Crippen LogP) is 2.63. The molecule has 1 saturated heterocycles. The molecule has 5 nitrogen and oxygen atoms in total. The van der Waals surface area contributed by atoms with E-state index in [2.05, 4.69) is 13.0 Å². The number of rotatable bonds is 7. The third-order valence-corrected chi connectivity index (χ3v) is 2.93. The highest BCUT2D eigenvalue weighted by molar-refractivity contribution is 6.54. The van der Waals surface area contributed by atoms with Crippen molar-refractivity contribution in [3.8, 4) is 0 Å². The zero-order valence-corrected chi connectivity index (χ0v) is 14.3. The van der Waals surface area contributed by atoms with Crippen LogP contribution in [0.15, 0.2) is 60.7 Å². The van der Waals surface area contributed by atoms with Gasteiger partial charge in [-0.3, -0.25) is 14.5 Å². The molecule has 0 bridgehead atoms. The number of carbonyl (C=O) groups excluding carboxylic acids is 2. The first-order chi connectivity index (χ1) is 11.6. The average Bonchev–Trinajstić information content (AvgIpc) is 2.50. The summed E-state index contributed by atoms with van der Waals surface area (Å²) in [5.41, 5.74) is 0. The van der Waals surface area contributed by atoms with Crippen molar-refractivity contribution >= 4 is 19.1 Å². The summed E-state index contributed by atoms with van der Waals surface area (Å²) in [6, 6.07) is 0. The minimum atomic E-state index is -0.976. The first-order valence-corrected chi connectivity index (χ1v) is 8.02. The Hall–Kier alpha value is -2.34. The first kappa shape index (κ1) is 19.7. The second kappa shape index (κ2) is 12.1. The van der Waals surface area contributed by atoms with E-state index in [1.807, 2.05) is 36.5 Å². The summed E-state index contributed by atoms with van der Waals surface area (Å²) in [7, 11) is 0.679. The lowest BCUT2D eigenvalue weighted by molar-refractivity contribution is -0.145. The Morgan fingerprint density at radius 3 is 1.96 bits per heavy atom. The second-order valence-electron chi connectivity index (χ2n) is 5.28. The quantitative estimate of drug-likeness (QED) is 0.531. The van der Waals surface area contributed by atoms with Gasteiger partial charge in [0.15, 0.2) is 0 Å². The van der Waals surface area contributed by atoms with Crippen LogP contribution in [0.2, 0.25) is 0 Å². The van der Waals surface area contributed by atoms with Crippen molar-refractivity contribution in [2.24, 2.45) is 0 Å². The van der Waals surface area contributed by atoms with Crippen LogP contribution >= 0.6 is 0 Å². The number of carbonyl (C=O) groups is 2. The van der Waals surface area contributed by atoms with Crippen LogP contribution in [-0.2, 0) is 18.9 Å². The maximum absolute atomic E-state index is 11.5. The zero-order valence-electron chi connectivity index (χ0n) is 14.3. The molecule has 0 N–H and O–H groups in total. The molecule has 0 unspecified atom stereocenters. The molecule has 0 amide bonds. The van der Waals surface area contributed by atoms with E-state index in [0.29, 0.717) is 0 Å². The molecule has 0 aromatic rings. The van der Waals surface area contributed by atoms with Crippen molar-refractivity contribution in [1.29, 1.82) is 0 Å². The molecule has 6 heteroatoms. The maximum atomic E-state index is 11.5. The van der Waals surface area contributed by atoms with Gasteiger partial charge in [-0.15, -0.1) is 0 Å². The standard InChI is InChI=1S/C18H24BNO4/c1-3-4-5-6-7-8-9-10-11-12-13-14-19-23-17(21)15-20(2)16-18(22)24-19/h5-14H,3-4,15-16H2,1-2H3/b6-5+,8-7+,10-9+,12-11+,14-13+. The molecule has 0 aromatic heterocycles. The molecule has 1 fully saturated rings. The van der Waals surface area contributed by atoms with Crippen molar-refractivity contribution < 1.29 is 18.9 Å². The van der Waals surface area contributed by atoms with E-state index in [1.165, 1.54) is 5.98 Å². The van der Waals surface area contributed by atoms with E-state index < -0.39 is 19.1 Å². The van der Waals surface area contributed by atoms with Crippen LogP contribution in [0, 0.1) is 0 Å². The van der Waals surface area contributed by atoms with Crippen LogP contribution in [-0.4, -0.2) is 44.1 Å². The van der Waals surface area contributed by atoms with Crippen molar-refractivity contribution in [3.63, 3.8) is 0 Å². The molecule has 0 aliphatic carbocycles. The fourth-order valence-corrected chi connectivity index (χ4v) is 1.81. The van der Waals surface area contributed by atoms with Gasteiger partial charge in [0.05, 0.1) is 13.1 Å². The highest BCUT2D eigenvalue weighted by atomic mass is 16.6. The number of hydrogen-bond donors (Lipinski definition) is 0. The van der Waals surface area contributed by atoms with Crippen molar-refractivity contribution in [1.82, 2.24) is 4.90 Å². The minimum Gasteiger partial charge on any atom is -0.495 e. The van der Waals surface area contributed by atoms with E-state index in [4.69, 9.17) is 9.31 Å². The highest BCUT2D eigenvalue weighted by Crippen LogP contribution is 2.01. The van der Waals surface area contributed by atoms with Gasteiger partial charge in [-0.05, 0) is 19.4 Å². The van der Waals surface area contributed by atoms with Gasteiger partial charge in [-0.1, -0.05) is 68.0 Å². The topological polar surface area (TPSA) is 55.8 Å². The summed E-state index contributed by atoms with van der Waals surface area (Å²) in [5.74, 6) is 0.670. The Balaban J connectivity index is 2.39. The first-order valence-electron chi connectivity index (χ1n) is 8.02. The lowest BCUT2D eigenvalue weighted by Crippen LogP contribution is -2.41. The zero-order chi connectivity index (χ0) is 17.6. The van der Waals surface area contributed by atoms with Gasteiger partial charge in [-0.2, -0.15) is 0 Å². The lowest BCUT2D eigenvalue weighted by atomic mass is 9.89. The maximum Gasteiger partial charge on any atom is 0.628 e. The second-order valence-corrected chi connectivity index (χ2v) is 5.28. The summed E-state index contributed by atoms with van der Waals surface area (Å²) in [4.78, 5) is 24.6. The molecule has 1 aliphatic rings. The van der Waals surface area contributed by atoms with Gasteiger partial charge in [-0.25, -0.2) is 0 Å². The fourth-order valence-electron chi connectivity index (χ4n) is 1.81. The van der Waals surface area contributed by atoms with Crippen LogP contribution in [0.4, 0.5) is 0 Å². The monoisotopic (exact) mass is 329 g/mol. The Morgan fingerprint density at radius 1 is 0.917 bits per heavy atom. The fraction of sp³-hybridized carbons (Fsp3) is 0.333. The van der Waals surface area contributed by atoms with Gasteiger partial charge in [0.1, 0.15) is 0 Å². The number of nitrogens with zero attached hydrogens (tertiary/aromatic N) is 1. The molecule has 1 aliphatic heterocycles. The lowest BCUT2D eigenvalue weighted by Gasteiger charge is -2.20. The molecule has 0 atom stereocenters. The molecule has 1 rings (SSSR count). The van der Waals surface area contributed by atoms with Gasteiger partial charge in [0, 0.05) is 0 Å². The van der Waals surface area contributed by atoms with E-state index in [9.17, 15) is 9.59 Å². The number of unbranched alkanes of at least 4 members (excludes halogenated alkanes) is 1. The van der Waals surface area contributed by atoms with E-state index in [1.54, 1.807) is 24.1 Å². The molecular formula is C18H24BNO4. The summed E-state index contributed by atoms with van der Waals surface area (Å²) >= 11 is 0. The third-order valence-electron chi connectivity index (χ3n) is 2.93. The molecule has 1 heterocycles. The van der Waals surface area contributed by atoms with Crippen molar-refractivity contribution in [2.45, 2.75) is 19.8 Å². The summed E-state index contributed by atoms with van der Waals surface area (Å²) < 4.78 is 10.1. The number of allylic oxidation sites excluding steroid dienone is 9. The summed E-state index contributed by atoms with van der Waals surface area (Å²) in [5, 5.41) is 0. The molecule has 0 saturated carbocycles. The number of hydrogen-bond acceptors (Lipinski definition) is 5. The summed E-state index contributed by atoms with van der Waals surface area (Å²) in [6.45, 7) is 2.28. The van der Waals surface area contributed by atoms with Crippen LogP contribution in [0.3, 0.4) is 0 Å². The van der Waals surface area contributed by atoms with Gasteiger partial charge >= 0.3 is 19.1 Å². The molecule has 128 valence electrons. The SMILES string of the molecule is CCC/C=C/C=C/C=C/C=C/C=C/B1OC(=O)CN(C)CC(=O)O1. The van der Waals surface area contributed by atoms with Crippen LogP contribution in [0.25, 0.3) is 0 Å². The largest absolute Gasteiger partial charge is 0.628 e.